The van der Waals surface area contributed by atoms with Crippen molar-refractivity contribution in [1.82, 2.24) is 4.90 Å². The first-order valence-electron chi connectivity index (χ1n) is 11.5. The van der Waals surface area contributed by atoms with Crippen LogP contribution in [-0.4, -0.2) is 51.9 Å². The SMILES string of the molecule is CCN1CCN(c2ccc(NC(=O)c3cccc(S(=O)(=O)Nc4ccc(F)cc4)c3)cc2C)CC1. The van der Waals surface area contributed by atoms with E-state index in [0.29, 0.717) is 5.69 Å². The van der Waals surface area contributed by atoms with E-state index in [-0.39, 0.29) is 16.1 Å². The Bertz CT molecular complexity index is 1300. The first-order valence-corrected chi connectivity index (χ1v) is 13.0. The molecule has 0 atom stereocenters. The second kappa shape index (κ2) is 10.5. The molecule has 1 saturated heterocycles. The summed E-state index contributed by atoms with van der Waals surface area (Å²) in [6.45, 7) is 9.24. The fourth-order valence-corrected chi connectivity index (χ4v) is 5.24. The van der Waals surface area contributed by atoms with Gasteiger partial charge in [-0.3, -0.25) is 9.52 Å². The highest BCUT2D eigenvalue weighted by Gasteiger charge is 2.19. The van der Waals surface area contributed by atoms with Gasteiger partial charge in [-0.25, -0.2) is 12.8 Å². The summed E-state index contributed by atoms with van der Waals surface area (Å²) in [5, 5.41) is 2.86. The molecule has 0 saturated carbocycles. The number of halogens is 1. The van der Waals surface area contributed by atoms with Crippen molar-refractivity contribution in [3.8, 4) is 0 Å². The number of hydrogen-bond acceptors (Lipinski definition) is 5. The molecule has 1 heterocycles. The molecule has 0 aromatic heterocycles. The third-order valence-corrected chi connectivity index (χ3v) is 7.50. The molecule has 7 nitrogen and oxygen atoms in total. The van der Waals surface area contributed by atoms with Gasteiger partial charge in [0.2, 0.25) is 0 Å². The van der Waals surface area contributed by atoms with Gasteiger partial charge in [0.1, 0.15) is 5.82 Å². The molecule has 0 bridgehead atoms. The second-order valence-electron chi connectivity index (χ2n) is 8.52. The van der Waals surface area contributed by atoms with Gasteiger partial charge >= 0.3 is 0 Å². The maximum Gasteiger partial charge on any atom is 0.261 e. The highest BCUT2D eigenvalue weighted by atomic mass is 32.2. The fraction of sp³-hybridized carbons (Fsp3) is 0.269. The summed E-state index contributed by atoms with van der Waals surface area (Å²) in [6, 6.07) is 16.6. The van der Waals surface area contributed by atoms with Crippen LogP contribution < -0.4 is 14.9 Å². The average Bonchev–Trinajstić information content (AvgIpc) is 2.85. The van der Waals surface area contributed by atoms with Crippen LogP contribution in [0.15, 0.2) is 71.6 Å². The number of aryl methyl sites for hydroxylation is 1. The van der Waals surface area contributed by atoms with E-state index < -0.39 is 21.7 Å². The van der Waals surface area contributed by atoms with Gasteiger partial charge in [0.15, 0.2) is 0 Å². The van der Waals surface area contributed by atoms with Gasteiger partial charge < -0.3 is 15.1 Å². The third kappa shape index (κ3) is 5.98. The van der Waals surface area contributed by atoms with Crippen LogP contribution in [0.5, 0.6) is 0 Å². The minimum atomic E-state index is -3.95. The number of carbonyl (C=O) groups excluding carboxylic acids is 1. The molecule has 0 spiro atoms. The van der Waals surface area contributed by atoms with Gasteiger partial charge in [-0.05, 0) is 79.7 Å². The van der Waals surface area contributed by atoms with E-state index in [1.807, 2.05) is 25.1 Å². The Hall–Kier alpha value is -3.43. The highest BCUT2D eigenvalue weighted by molar-refractivity contribution is 7.92. The summed E-state index contributed by atoms with van der Waals surface area (Å²) in [4.78, 5) is 17.6. The zero-order valence-corrected chi connectivity index (χ0v) is 20.6. The number of hydrogen-bond donors (Lipinski definition) is 2. The average molecular weight is 497 g/mol. The molecule has 1 fully saturated rings. The maximum absolute atomic E-state index is 13.1. The summed E-state index contributed by atoms with van der Waals surface area (Å²) in [5.74, 6) is -0.874. The van der Waals surface area contributed by atoms with Crippen molar-refractivity contribution < 1.29 is 17.6 Å². The molecule has 9 heteroatoms. The van der Waals surface area contributed by atoms with E-state index in [1.165, 1.54) is 42.5 Å². The summed E-state index contributed by atoms with van der Waals surface area (Å²) in [5.41, 5.74) is 3.30. The predicted octanol–water partition coefficient (Wildman–Crippen LogP) is 4.33. The van der Waals surface area contributed by atoms with Crippen molar-refractivity contribution in [3.05, 3.63) is 83.7 Å². The number of carbonyl (C=O) groups is 1. The van der Waals surface area contributed by atoms with E-state index >= 15 is 0 Å². The van der Waals surface area contributed by atoms with Crippen molar-refractivity contribution in [1.29, 1.82) is 0 Å². The first kappa shape index (κ1) is 24.7. The Balaban J connectivity index is 1.45. The van der Waals surface area contributed by atoms with Crippen molar-refractivity contribution in [3.63, 3.8) is 0 Å². The van der Waals surface area contributed by atoms with Crippen LogP contribution in [0.4, 0.5) is 21.5 Å². The largest absolute Gasteiger partial charge is 0.369 e. The van der Waals surface area contributed by atoms with E-state index in [2.05, 4.69) is 26.8 Å². The molecule has 1 aliphatic heterocycles. The normalized spacial score (nSPS) is 14.5. The molecule has 1 amide bonds. The van der Waals surface area contributed by atoms with Crippen molar-refractivity contribution in [2.75, 3.05) is 47.7 Å². The van der Waals surface area contributed by atoms with Crippen LogP contribution in [0.1, 0.15) is 22.8 Å². The number of nitrogens with one attached hydrogen (secondary N) is 2. The van der Waals surface area contributed by atoms with E-state index in [4.69, 9.17) is 0 Å². The molecule has 0 unspecified atom stereocenters. The van der Waals surface area contributed by atoms with Crippen LogP contribution >= 0.6 is 0 Å². The Kier molecular flexibility index (Phi) is 7.37. The molecule has 184 valence electrons. The van der Waals surface area contributed by atoms with Crippen LogP contribution in [0.25, 0.3) is 0 Å². The lowest BCUT2D eigenvalue weighted by Crippen LogP contribution is -2.46. The Morgan fingerprint density at radius 2 is 1.63 bits per heavy atom. The van der Waals surface area contributed by atoms with Crippen molar-refractivity contribution >= 4 is 33.0 Å². The summed E-state index contributed by atoms with van der Waals surface area (Å²) >= 11 is 0. The monoisotopic (exact) mass is 496 g/mol. The van der Waals surface area contributed by atoms with Crippen LogP contribution in [-0.2, 0) is 10.0 Å². The quantitative estimate of drug-likeness (QED) is 0.509. The second-order valence-corrected chi connectivity index (χ2v) is 10.2. The number of sulfonamides is 1. The number of rotatable bonds is 7. The van der Waals surface area contributed by atoms with Gasteiger partial charge in [0.05, 0.1) is 4.90 Å². The molecule has 3 aromatic carbocycles. The number of amides is 1. The van der Waals surface area contributed by atoms with Crippen molar-refractivity contribution in [2.45, 2.75) is 18.7 Å². The highest BCUT2D eigenvalue weighted by Crippen LogP contribution is 2.25. The van der Waals surface area contributed by atoms with Crippen molar-refractivity contribution in [2.24, 2.45) is 0 Å². The standard InChI is InChI=1S/C26H29FN4O3S/c1-3-30-13-15-31(16-14-30)25-12-11-23(17-19(25)2)28-26(32)20-5-4-6-24(18-20)35(33,34)29-22-9-7-21(27)8-10-22/h4-12,17-18,29H,3,13-16H2,1-2H3,(H,28,32). The number of piperazine rings is 1. The lowest BCUT2D eigenvalue weighted by atomic mass is 10.1. The van der Waals surface area contributed by atoms with E-state index in [9.17, 15) is 17.6 Å². The molecule has 0 aliphatic carbocycles. The molecule has 4 rings (SSSR count). The van der Waals surface area contributed by atoms with Gasteiger partial charge in [-0.15, -0.1) is 0 Å². The number of nitrogens with zero attached hydrogens (tertiary/aromatic N) is 2. The number of anilines is 3. The lowest BCUT2D eigenvalue weighted by Gasteiger charge is -2.36. The molecule has 3 aromatic rings. The zero-order chi connectivity index (χ0) is 25.0. The van der Waals surface area contributed by atoms with E-state index in [0.717, 1.165) is 44.0 Å². The Morgan fingerprint density at radius 1 is 0.943 bits per heavy atom. The maximum atomic E-state index is 13.1. The Labute approximate surface area is 205 Å². The van der Waals surface area contributed by atoms with Gasteiger partial charge in [-0.1, -0.05) is 13.0 Å². The summed E-state index contributed by atoms with van der Waals surface area (Å²) in [7, 11) is -3.95. The molecule has 2 N–H and O–H groups in total. The zero-order valence-electron chi connectivity index (χ0n) is 19.8. The smallest absolute Gasteiger partial charge is 0.261 e. The first-order chi connectivity index (χ1) is 16.7. The summed E-state index contributed by atoms with van der Waals surface area (Å²) in [6.07, 6.45) is 0. The minimum absolute atomic E-state index is 0.0628. The fourth-order valence-electron chi connectivity index (χ4n) is 4.13. The lowest BCUT2D eigenvalue weighted by molar-refractivity contribution is 0.102. The number of benzene rings is 3. The number of likely N-dealkylation sites (N-methyl/N-ethyl adjacent to an activating group) is 1. The molecule has 35 heavy (non-hydrogen) atoms. The topological polar surface area (TPSA) is 81.8 Å². The van der Waals surface area contributed by atoms with Gasteiger partial charge in [-0.2, -0.15) is 0 Å². The molecular weight excluding hydrogens is 467 g/mol. The Morgan fingerprint density at radius 3 is 2.29 bits per heavy atom. The van der Waals surface area contributed by atoms with E-state index in [1.54, 1.807) is 6.07 Å². The van der Waals surface area contributed by atoms with Gasteiger partial charge in [0, 0.05) is 48.8 Å². The van der Waals surface area contributed by atoms with Crippen LogP contribution in [0, 0.1) is 12.7 Å². The molecule has 1 aliphatic rings. The predicted molar refractivity (Wildman–Crippen MR) is 137 cm³/mol. The van der Waals surface area contributed by atoms with Crippen LogP contribution in [0.2, 0.25) is 0 Å². The minimum Gasteiger partial charge on any atom is -0.369 e. The van der Waals surface area contributed by atoms with Gasteiger partial charge in [0.25, 0.3) is 15.9 Å². The summed E-state index contributed by atoms with van der Waals surface area (Å²) < 4.78 is 41.0. The molecule has 0 radical (unpaired) electrons. The third-order valence-electron chi connectivity index (χ3n) is 6.12. The van der Waals surface area contributed by atoms with Crippen LogP contribution in [0.3, 0.4) is 0 Å². The molecular formula is C26H29FN4O3S.